The van der Waals surface area contributed by atoms with Crippen molar-refractivity contribution in [2.75, 3.05) is 6.61 Å². The van der Waals surface area contributed by atoms with E-state index in [0.717, 1.165) is 12.8 Å². The summed E-state index contributed by atoms with van der Waals surface area (Å²) >= 11 is 0. The van der Waals surface area contributed by atoms with Gasteiger partial charge in [0.05, 0.1) is 6.10 Å². The van der Waals surface area contributed by atoms with Gasteiger partial charge in [0.2, 0.25) is 0 Å². The van der Waals surface area contributed by atoms with Crippen molar-refractivity contribution in [2.45, 2.75) is 65.9 Å². The zero-order valence-electron chi connectivity index (χ0n) is 12.7. The number of carbonyl (C=O) groups is 1. The van der Waals surface area contributed by atoms with Crippen LogP contribution in [0.1, 0.15) is 59.8 Å². The zero-order valence-corrected chi connectivity index (χ0v) is 12.7. The molecule has 0 aromatic carbocycles. The third kappa shape index (κ3) is 13.1. The van der Waals surface area contributed by atoms with Crippen LogP contribution < -0.4 is 0 Å². The van der Waals surface area contributed by atoms with E-state index in [1.807, 2.05) is 6.08 Å². The van der Waals surface area contributed by atoms with Crippen LogP contribution in [0.4, 0.5) is 0 Å². The molecule has 0 amide bonds. The number of hydrogen-bond acceptors (Lipinski definition) is 3. The van der Waals surface area contributed by atoms with Gasteiger partial charge in [-0.3, -0.25) is 4.79 Å². The predicted octanol–water partition coefficient (Wildman–Crippen LogP) is 3.77. The van der Waals surface area contributed by atoms with Crippen LogP contribution in [0.3, 0.4) is 0 Å². The van der Waals surface area contributed by atoms with Gasteiger partial charge in [-0.25, -0.2) is 0 Å². The van der Waals surface area contributed by atoms with Gasteiger partial charge in [0.15, 0.2) is 0 Å². The summed E-state index contributed by atoms with van der Waals surface area (Å²) in [5.41, 5.74) is 2.58. The number of ether oxygens (including phenoxy) is 1. The smallest absolute Gasteiger partial charge is 0.306 e. The number of allylic oxidation sites excluding steroid dienone is 3. The molecule has 1 unspecified atom stereocenters. The largest absolute Gasteiger partial charge is 0.461 e. The molecule has 3 nitrogen and oxygen atoms in total. The molecule has 0 aliphatic rings. The normalized spacial score (nSPS) is 13.0. The molecule has 1 atom stereocenters. The number of carbonyl (C=O) groups excluding carboxylic acids is 1. The van der Waals surface area contributed by atoms with E-state index in [2.05, 4.69) is 26.8 Å². The van der Waals surface area contributed by atoms with Crippen LogP contribution in [-0.2, 0) is 9.53 Å². The molecule has 19 heavy (non-hydrogen) atoms. The fourth-order valence-electron chi connectivity index (χ4n) is 1.58. The van der Waals surface area contributed by atoms with Crippen molar-refractivity contribution in [1.29, 1.82) is 0 Å². The second kappa shape index (κ2) is 10.8. The first-order valence-corrected chi connectivity index (χ1v) is 7.04. The molecule has 0 fully saturated rings. The Balaban J connectivity index is 3.69. The maximum absolute atomic E-state index is 11.4. The summed E-state index contributed by atoms with van der Waals surface area (Å²) in [6, 6.07) is 0. The lowest BCUT2D eigenvalue weighted by Gasteiger charge is -2.05. The molecule has 0 saturated heterocycles. The highest BCUT2D eigenvalue weighted by Crippen LogP contribution is 2.07. The number of hydrogen-bond donors (Lipinski definition) is 1. The van der Waals surface area contributed by atoms with Crippen LogP contribution >= 0.6 is 0 Å². The molecule has 0 heterocycles. The summed E-state index contributed by atoms with van der Waals surface area (Å²) in [6.07, 6.45) is 7.58. The Morgan fingerprint density at radius 2 is 1.89 bits per heavy atom. The SMILES string of the molecule is CC(C)=CCC/C(C)=C/COC(=O)CCCC(C)O. The maximum atomic E-state index is 11.4. The summed E-state index contributed by atoms with van der Waals surface area (Å²) in [7, 11) is 0. The summed E-state index contributed by atoms with van der Waals surface area (Å²) < 4.78 is 5.11. The number of esters is 1. The maximum Gasteiger partial charge on any atom is 0.306 e. The molecule has 0 aromatic heterocycles. The Morgan fingerprint density at radius 1 is 1.21 bits per heavy atom. The zero-order chi connectivity index (χ0) is 14.7. The fourth-order valence-corrected chi connectivity index (χ4v) is 1.58. The van der Waals surface area contributed by atoms with Gasteiger partial charge in [-0.05, 0) is 59.5 Å². The third-order valence-corrected chi connectivity index (χ3v) is 2.77. The molecule has 0 rings (SSSR count). The Morgan fingerprint density at radius 3 is 2.47 bits per heavy atom. The van der Waals surface area contributed by atoms with E-state index >= 15 is 0 Å². The summed E-state index contributed by atoms with van der Waals surface area (Å²) in [5, 5.41) is 9.07. The number of rotatable bonds is 9. The van der Waals surface area contributed by atoms with Gasteiger partial charge in [0.25, 0.3) is 0 Å². The Kier molecular flexibility index (Phi) is 10.2. The van der Waals surface area contributed by atoms with Gasteiger partial charge < -0.3 is 9.84 Å². The minimum atomic E-state index is -0.343. The first kappa shape index (κ1) is 17.9. The summed E-state index contributed by atoms with van der Waals surface area (Å²) in [5.74, 6) is -0.186. The van der Waals surface area contributed by atoms with Gasteiger partial charge in [0.1, 0.15) is 6.61 Å². The third-order valence-electron chi connectivity index (χ3n) is 2.77. The monoisotopic (exact) mass is 268 g/mol. The summed E-state index contributed by atoms with van der Waals surface area (Å²) in [4.78, 5) is 11.4. The van der Waals surface area contributed by atoms with E-state index < -0.39 is 0 Å². The van der Waals surface area contributed by atoms with Gasteiger partial charge in [-0.2, -0.15) is 0 Å². The average molecular weight is 268 g/mol. The predicted molar refractivity (Wildman–Crippen MR) is 78.9 cm³/mol. The lowest BCUT2D eigenvalue weighted by atomic mass is 10.1. The minimum absolute atomic E-state index is 0.186. The lowest BCUT2D eigenvalue weighted by molar-refractivity contribution is -0.142. The van der Waals surface area contributed by atoms with Crippen molar-refractivity contribution in [1.82, 2.24) is 0 Å². The van der Waals surface area contributed by atoms with Gasteiger partial charge >= 0.3 is 5.97 Å². The van der Waals surface area contributed by atoms with Crippen LogP contribution in [0.15, 0.2) is 23.3 Å². The first-order valence-electron chi connectivity index (χ1n) is 7.04. The van der Waals surface area contributed by atoms with Crippen LogP contribution in [0.25, 0.3) is 0 Å². The Bertz CT molecular complexity index is 310. The van der Waals surface area contributed by atoms with Crippen molar-refractivity contribution in [3.63, 3.8) is 0 Å². The fraction of sp³-hybridized carbons (Fsp3) is 0.688. The summed E-state index contributed by atoms with van der Waals surface area (Å²) in [6.45, 7) is 8.32. The van der Waals surface area contributed by atoms with Crippen LogP contribution in [0.5, 0.6) is 0 Å². The molecule has 0 aliphatic carbocycles. The van der Waals surface area contributed by atoms with Crippen molar-refractivity contribution in [3.8, 4) is 0 Å². The molecule has 0 spiro atoms. The molecule has 3 heteroatoms. The van der Waals surface area contributed by atoms with E-state index in [-0.39, 0.29) is 12.1 Å². The van der Waals surface area contributed by atoms with Crippen molar-refractivity contribution in [2.24, 2.45) is 0 Å². The quantitative estimate of drug-likeness (QED) is 0.511. The molecule has 0 radical (unpaired) electrons. The molecule has 0 bridgehead atoms. The van der Waals surface area contributed by atoms with Crippen LogP contribution in [-0.4, -0.2) is 23.8 Å². The standard InChI is InChI=1S/C16H28O3/c1-13(2)7-5-8-14(3)11-12-19-16(18)10-6-9-15(4)17/h7,11,15,17H,5-6,8-10,12H2,1-4H3/b14-11+. The van der Waals surface area contributed by atoms with E-state index in [0.29, 0.717) is 25.9 Å². The Hall–Kier alpha value is -1.09. The molecule has 110 valence electrons. The van der Waals surface area contributed by atoms with E-state index in [4.69, 9.17) is 9.84 Å². The second-order valence-electron chi connectivity index (χ2n) is 5.29. The van der Waals surface area contributed by atoms with Gasteiger partial charge in [-0.1, -0.05) is 17.2 Å². The molecule has 0 saturated carbocycles. The topological polar surface area (TPSA) is 46.5 Å². The number of aliphatic hydroxyl groups is 1. The van der Waals surface area contributed by atoms with Crippen LogP contribution in [0, 0.1) is 0 Å². The molecule has 0 aromatic rings. The highest BCUT2D eigenvalue weighted by Gasteiger charge is 2.03. The van der Waals surface area contributed by atoms with Crippen molar-refractivity contribution >= 4 is 5.97 Å². The van der Waals surface area contributed by atoms with Crippen molar-refractivity contribution in [3.05, 3.63) is 23.3 Å². The molecular formula is C16H28O3. The molecule has 1 N–H and O–H groups in total. The van der Waals surface area contributed by atoms with Gasteiger partial charge in [-0.15, -0.1) is 0 Å². The van der Waals surface area contributed by atoms with E-state index in [9.17, 15) is 4.79 Å². The molecule has 0 aliphatic heterocycles. The van der Waals surface area contributed by atoms with Crippen LogP contribution in [0.2, 0.25) is 0 Å². The lowest BCUT2D eigenvalue weighted by Crippen LogP contribution is -2.06. The average Bonchev–Trinajstić information content (AvgIpc) is 2.27. The van der Waals surface area contributed by atoms with Crippen molar-refractivity contribution < 1.29 is 14.6 Å². The van der Waals surface area contributed by atoms with Gasteiger partial charge in [0, 0.05) is 6.42 Å². The number of aliphatic hydroxyl groups excluding tert-OH is 1. The second-order valence-corrected chi connectivity index (χ2v) is 5.29. The highest BCUT2D eigenvalue weighted by molar-refractivity contribution is 5.69. The Labute approximate surface area is 117 Å². The van der Waals surface area contributed by atoms with E-state index in [1.54, 1.807) is 6.92 Å². The molecular weight excluding hydrogens is 240 g/mol. The van der Waals surface area contributed by atoms with E-state index in [1.165, 1.54) is 11.1 Å². The first-order chi connectivity index (χ1) is 8.91. The minimum Gasteiger partial charge on any atom is -0.461 e. The highest BCUT2D eigenvalue weighted by atomic mass is 16.5.